The topological polar surface area (TPSA) is 41.1 Å². The van der Waals surface area contributed by atoms with Crippen LogP contribution in [0.4, 0.5) is 0 Å². The molecule has 0 heterocycles. The third-order valence-electron chi connectivity index (χ3n) is 1.95. The zero-order chi connectivity index (χ0) is 11.8. The van der Waals surface area contributed by atoms with Gasteiger partial charge in [-0.05, 0) is 17.7 Å². The van der Waals surface area contributed by atoms with E-state index in [2.05, 4.69) is 33.1 Å². The summed E-state index contributed by atoms with van der Waals surface area (Å²) in [5, 5.41) is 5.77. The average molecular weight is 283 g/mol. The normalized spacial score (nSPS) is 9.81. The third-order valence-corrected chi connectivity index (χ3v) is 2.45. The molecule has 1 aromatic rings. The third kappa shape index (κ3) is 5.09. The summed E-state index contributed by atoms with van der Waals surface area (Å²) >= 11 is 3.38. The van der Waals surface area contributed by atoms with Crippen LogP contribution in [-0.4, -0.2) is 19.0 Å². The second kappa shape index (κ2) is 7.19. The molecular weight excluding hydrogens is 268 g/mol. The molecule has 1 aromatic carbocycles. The van der Waals surface area contributed by atoms with Crippen LogP contribution in [0.5, 0.6) is 0 Å². The SMILES string of the molecule is C=CCNCC(=O)NCc1cccc(Br)c1. The molecule has 1 amide bonds. The maximum atomic E-state index is 11.4. The van der Waals surface area contributed by atoms with Crippen molar-refractivity contribution in [2.75, 3.05) is 13.1 Å². The average Bonchev–Trinajstić information content (AvgIpc) is 2.27. The molecule has 0 atom stereocenters. The molecule has 0 aliphatic heterocycles. The molecule has 0 saturated carbocycles. The van der Waals surface area contributed by atoms with Gasteiger partial charge in [-0.2, -0.15) is 0 Å². The van der Waals surface area contributed by atoms with Gasteiger partial charge in [0.2, 0.25) is 5.91 Å². The lowest BCUT2D eigenvalue weighted by Gasteiger charge is -2.05. The Balaban J connectivity index is 2.28. The van der Waals surface area contributed by atoms with E-state index in [4.69, 9.17) is 0 Å². The van der Waals surface area contributed by atoms with Gasteiger partial charge in [-0.25, -0.2) is 0 Å². The summed E-state index contributed by atoms with van der Waals surface area (Å²) in [6, 6.07) is 7.86. The molecule has 3 nitrogen and oxygen atoms in total. The van der Waals surface area contributed by atoms with E-state index in [1.807, 2.05) is 24.3 Å². The van der Waals surface area contributed by atoms with Crippen molar-refractivity contribution < 1.29 is 4.79 Å². The van der Waals surface area contributed by atoms with Crippen LogP contribution in [0.3, 0.4) is 0 Å². The molecule has 0 aliphatic rings. The Kier molecular flexibility index (Phi) is 5.82. The van der Waals surface area contributed by atoms with Gasteiger partial charge in [-0.1, -0.05) is 34.1 Å². The summed E-state index contributed by atoms with van der Waals surface area (Å²) in [4.78, 5) is 11.4. The van der Waals surface area contributed by atoms with Crippen molar-refractivity contribution in [2.45, 2.75) is 6.54 Å². The minimum Gasteiger partial charge on any atom is -0.351 e. The van der Waals surface area contributed by atoms with Crippen LogP contribution in [0.15, 0.2) is 41.4 Å². The lowest BCUT2D eigenvalue weighted by atomic mass is 10.2. The van der Waals surface area contributed by atoms with Crippen LogP contribution < -0.4 is 10.6 Å². The Morgan fingerprint density at radius 1 is 1.50 bits per heavy atom. The van der Waals surface area contributed by atoms with Gasteiger partial charge in [0.05, 0.1) is 6.54 Å². The van der Waals surface area contributed by atoms with Crippen molar-refractivity contribution in [3.8, 4) is 0 Å². The van der Waals surface area contributed by atoms with E-state index < -0.39 is 0 Å². The molecule has 16 heavy (non-hydrogen) atoms. The van der Waals surface area contributed by atoms with Crippen LogP contribution in [0, 0.1) is 0 Å². The predicted octanol–water partition coefficient (Wildman–Crippen LogP) is 1.84. The molecule has 0 saturated heterocycles. The van der Waals surface area contributed by atoms with Gasteiger partial charge in [-0.15, -0.1) is 6.58 Å². The van der Waals surface area contributed by atoms with E-state index in [1.165, 1.54) is 0 Å². The van der Waals surface area contributed by atoms with Gasteiger partial charge < -0.3 is 10.6 Å². The first kappa shape index (κ1) is 12.9. The van der Waals surface area contributed by atoms with Gasteiger partial charge in [0, 0.05) is 17.6 Å². The highest BCUT2D eigenvalue weighted by molar-refractivity contribution is 9.10. The fourth-order valence-corrected chi connectivity index (χ4v) is 1.64. The van der Waals surface area contributed by atoms with Gasteiger partial charge in [0.25, 0.3) is 0 Å². The van der Waals surface area contributed by atoms with Crippen molar-refractivity contribution in [1.29, 1.82) is 0 Å². The van der Waals surface area contributed by atoms with Crippen LogP contribution >= 0.6 is 15.9 Å². The first-order valence-electron chi connectivity index (χ1n) is 5.05. The second-order valence-corrected chi connectivity index (χ2v) is 4.24. The molecule has 0 aromatic heterocycles. The number of hydrogen-bond donors (Lipinski definition) is 2. The van der Waals surface area contributed by atoms with Crippen molar-refractivity contribution in [3.05, 3.63) is 47.0 Å². The zero-order valence-electron chi connectivity index (χ0n) is 9.00. The first-order chi connectivity index (χ1) is 7.72. The molecule has 86 valence electrons. The van der Waals surface area contributed by atoms with Gasteiger partial charge in [0.15, 0.2) is 0 Å². The molecule has 0 bridgehead atoms. The summed E-state index contributed by atoms with van der Waals surface area (Å²) in [6.45, 7) is 5.07. The minimum absolute atomic E-state index is 0.0122. The zero-order valence-corrected chi connectivity index (χ0v) is 10.6. The van der Waals surface area contributed by atoms with E-state index in [0.29, 0.717) is 19.6 Å². The summed E-state index contributed by atoms with van der Waals surface area (Å²) in [5.74, 6) is -0.0122. The Labute approximate surface area is 104 Å². The van der Waals surface area contributed by atoms with Crippen LogP contribution in [-0.2, 0) is 11.3 Å². The number of carbonyl (C=O) groups is 1. The highest BCUT2D eigenvalue weighted by atomic mass is 79.9. The van der Waals surface area contributed by atoms with Crippen molar-refractivity contribution in [3.63, 3.8) is 0 Å². The van der Waals surface area contributed by atoms with E-state index in [0.717, 1.165) is 10.0 Å². The lowest BCUT2D eigenvalue weighted by Crippen LogP contribution is -2.33. The monoisotopic (exact) mass is 282 g/mol. The highest BCUT2D eigenvalue weighted by Gasteiger charge is 1.99. The number of amides is 1. The minimum atomic E-state index is -0.0122. The first-order valence-corrected chi connectivity index (χ1v) is 5.84. The maximum absolute atomic E-state index is 11.4. The van der Waals surface area contributed by atoms with Crippen LogP contribution in [0.2, 0.25) is 0 Å². The van der Waals surface area contributed by atoms with Gasteiger partial charge >= 0.3 is 0 Å². The van der Waals surface area contributed by atoms with Gasteiger partial charge in [-0.3, -0.25) is 4.79 Å². The molecule has 0 radical (unpaired) electrons. The summed E-state index contributed by atoms with van der Waals surface area (Å²) in [7, 11) is 0. The number of carbonyl (C=O) groups excluding carboxylic acids is 1. The molecule has 2 N–H and O–H groups in total. The standard InChI is InChI=1S/C12H15BrN2O/c1-2-6-14-9-12(16)15-8-10-4-3-5-11(13)7-10/h2-5,7,14H,1,6,8-9H2,(H,15,16). The van der Waals surface area contributed by atoms with Gasteiger partial charge in [0.1, 0.15) is 0 Å². The smallest absolute Gasteiger partial charge is 0.234 e. The Hall–Kier alpha value is -1.13. The quantitative estimate of drug-likeness (QED) is 0.618. The fourth-order valence-electron chi connectivity index (χ4n) is 1.20. The number of rotatable bonds is 6. The largest absolute Gasteiger partial charge is 0.351 e. The molecular formula is C12H15BrN2O. The Morgan fingerprint density at radius 3 is 3.00 bits per heavy atom. The predicted molar refractivity (Wildman–Crippen MR) is 69.1 cm³/mol. The Morgan fingerprint density at radius 2 is 2.31 bits per heavy atom. The molecule has 1 rings (SSSR count). The molecule has 0 spiro atoms. The number of benzene rings is 1. The molecule has 0 unspecified atom stereocenters. The maximum Gasteiger partial charge on any atom is 0.234 e. The number of nitrogens with one attached hydrogen (secondary N) is 2. The molecule has 4 heteroatoms. The van der Waals surface area contributed by atoms with Crippen molar-refractivity contribution in [2.24, 2.45) is 0 Å². The second-order valence-electron chi connectivity index (χ2n) is 3.33. The molecule has 0 fully saturated rings. The van der Waals surface area contributed by atoms with Crippen LogP contribution in [0.1, 0.15) is 5.56 Å². The van der Waals surface area contributed by atoms with E-state index >= 15 is 0 Å². The summed E-state index contributed by atoms with van der Waals surface area (Å²) in [5.41, 5.74) is 1.08. The highest BCUT2D eigenvalue weighted by Crippen LogP contribution is 2.11. The van der Waals surface area contributed by atoms with Crippen molar-refractivity contribution in [1.82, 2.24) is 10.6 Å². The summed E-state index contributed by atoms with van der Waals surface area (Å²) < 4.78 is 1.02. The number of halogens is 1. The van der Waals surface area contributed by atoms with E-state index in [1.54, 1.807) is 6.08 Å². The lowest BCUT2D eigenvalue weighted by molar-refractivity contribution is -0.120. The van der Waals surface area contributed by atoms with Crippen molar-refractivity contribution >= 4 is 21.8 Å². The summed E-state index contributed by atoms with van der Waals surface area (Å²) in [6.07, 6.45) is 1.72. The Bertz CT molecular complexity index is 366. The number of hydrogen-bond acceptors (Lipinski definition) is 2. The van der Waals surface area contributed by atoms with E-state index in [-0.39, 0.29) is 5.91 Å². The fraction of sp³-hybridized carbons (Fsp3) is 0.250. The van der Waals surface area contributed by atoms with E-state index in [9.17, 15) is 4.79 Å². The molecule has 0 aliphatic carbocycles. The van der Waals surface area contributed by atoms with Crippen LogP contribution in [0.25, 0.3) is 0 Å².